The van der Waals surface area contributed by atoms with E-state index in [0.29, 0.717) is 25.3 Å². The van der Waals surface area contributed by atoms with Crippen LogP contribution in [0.5, 0.6) is 0 Å². The van der Waals surface area contributed by atoms with Crippen molar-refractivity contribution in [3.63, 3.8) is 0 Å². The molecule has 0 unspecified atom stereocenters. The average molecular weight is 335 g/mol. The SMILES string of the molecule is CCCCN1N=C(C(=O)N2CCCC2)S(=O)(=O)c2ccccc21. The number of para-hydroxylation sites is 1. The first-order valence-corrected chi connectivity index (χ1v) is 9.53. The van der Waals surface area contributed by atoms with Crippen LogP contribution in [-0.2, 0) is 14.6 Å². The number of nitrogens with zero attached hydrogens (tertiary/aromatic N) is 3. The second kappa shape index (κ2) is 6.31. The van der Waals surface area contributed by atoms with Gasteiger partial charge in [0.05, 0.1) is 10.6 Å². The summed E-state index contributed by atoms with van der Waals surface area (Å²) in [6.07, 6.45) is 3.67. The number of carbonyl (C=O) groups excluding carboxylic acids is 1. The molecule has 0 bridgehead atoms. The van der Waals surface area contributed by atoms with Crippen LogP contribution >= 0.6 is 0 Å². The highest BCUT2D eigenvalue weighted by atomic mass is 32.2. The second-order valence-electron chi connectivity index (χ2n) is 5.85. The van der Waals surface area contributed by atoms with Crippen LogP contribution < -0.4 is 5.01 Å². The van der Waals surface area contributed by atoms with Crippen molar-refractivity contribution in [2.24, 2.45) is 5.10 Å². The maximum Gasteiger partial charge on any atom is 0.286 e. The van der Waals surface area contributed by atoms with Crippen molar-refractivity contribution in [3.8, 4) is 0 Å². The number of hydrazone groups is 1. The van der Waals surface area contributed by atoms with Gasteiger partial charge in [-0.1, -0.05) is 25.5 Å². The summed E-state index contributed by atoms with van der Waals surface area (Å²) in [5.41, 5.74) is 0.555. The van der Waals surface area contributed by atoms with E-state index in [1.54, 1.807) is 34.2 Å². The van der Waals surface area contributed by atoms with Crippen LogP contribution in [-0.4, -0.2) is 43.9 Å². The monoisotopic (exact) mass is 335 g/mol. The third-order valence-corrected chi connectivity index (χ3v) is 5.89. The van der Waals surface area contributed by atoms with Gasteiger partial charge in [0.25, 0.3) is 5.91 Å². The van der Waals surface area contributed by atoms with E-state index >= 15 is 0 Å². The third-order valence-electron chi connectivity index (χ3n) is 4.20. The Morgan fingerprint density at radius 2 is 1.91 bits per heavy atom. The van der Waals surface area contributed by atoms with Gasteiger partial charge in [0.2, 0.25) is 14.9 Å². The van der Waals surface area contributed by atoms with Gasteiger partial charge >= 0.3 is 0 Å². The molecular formula is C16H21N3O3S. The van der Waals surface area contributed by atoms with E-state index < -0.39 is 15.7 Å². The minimum Gasteiger partial charge on any atom is -0.337 e. The van der Waals surface area contributed by atoms with Crippen molar-refractivity contribution in [1.29, 1.82) is 0 Å². The first kappa shape index (κ1) is 16.0. The van der Waals surface area contributed by atoms with Crippen LogP contribution in [0.25, 0.3) is 0 Å². The lowest BCUT2D eigenvalue weighted by atomic mass is 10.3. The molecule has 1 saturated heterocycles. The summed E-state index contributed by atoms with van der Waals surface area (Å²) >= 11 is 0. The van der Waals surface area contributed by atoms with E-state index in [9.17, 15) is 13.2 Å². The molecule has 0 aromatic heterocycles. The first-order chi connectivity index (χ1) is 11.1. The number of carbonyl (C=O) groups is 1. The van der Waals surface area contributed by atoms with Gasteiger partial charge in [0.15, 0.2) is 0 Å². The van der Waals surface area contributed by atoms with E-state index in [2.05, 4.69) is 12.0 Å². The number of fused-ring (bicyclic) bond motifs is 1. The van der Waals surface area contributed by atoms with Gasteiger partial charge < -0.3 is 4.90 Å². The largest absolute Gasteiger partial charge is 0.337 e. The summed E-state index contributed by atoms with van der Waals surface area (Å²) in [6, 6.07) is 6.76. The van der Waals surface area contributed by atoms with Gasteiger partial charge in [-0.15, -0.1) is 0 Å². The fraction of sp³-hybridized carbons (Fsp3) is 0.500. The lowest BCUT2D eigenvalue weighted by molar-refractivity contribution is -0.122. The van der Waals surface area contributed by atoms with Crippen LogP contribution in [0.3, 0.4) is 0 Å². The molecule has 2 aliphatic rings. The molecule has 23 heavy (non-hydrogen) atoms. The van der Waals surface area contributed by atoms with Crippen LogP contribution in [0.15, 0.2) is 34.3 Å². The van der Waals surface area contributed by atoms with Crippen LogP contribution in [0, 0.1) is 0 Å². The molecule has 0 atom stereocenters. The maximum absolute atomic E-state index is 12.8. The zero-order valence-corrected chi connectivity index (χ0v) is 14.1. The Hall–Kier alpha value is -1.89. The minimum absolute atomic E-state index is 0.175. The highest BCUT2D eigenvalue weighted by molar-refractivity contribution is 8.08. The Morgan fingerprint density at radius 1 is 1.22 bits per heavy atom. The molecular weight excluding hydrogens is 314 g/mol. The van der Waals surface area contributed by atoms with E-state index in [-0.39, 0.29) is 9.94 Å². The Balaban J connectivity index is 2.04. The van der Waals surface area contributed by atoms with Gasteiger partial charge in [0, 0.05) is 19.6 Å². The first-order valence-electron chi connectivity index (χ1n) is 8.05. The fourth-order valence-electron chi connectivity index (χ4n) is 2.91. The standard InChI is InChI=1S/C16H21N3O3S/c1-2-3-12-19-13-8-4-5-9-14(13)23(21,22)15(17-19)16(20)18-10-6-7-11-18/h4-5,8-9H,2-3,6-7,10-12H2,1H3. The molecule has 1 aromatic carbocycles. The van der Waals surface area contributed by atoms with E-state index in [4.69, 9.17) is 0 Å². The molecule has 1 aromatic rings. The number of sulfone groups is 1. The highest BCUT2D eigenvalue weighted by Gasteiger charge is 2.39. The van der Waals surface area contributed by atoms with Crippen LogP contribution in [0.4, 0.5) is 5.69 Å². The molecule has 124 valence electrons. The third kappa shape index (κ3) is 2.85. The number of rotatable bonds is 4. The lowest BCUT2D eigenvalue weighted by Gasteiger charge is -2.28. The van der Waals surface area contributed by atoms with Crippen LogP contribution in [0.2, 0.25) is 0 Å². The number of hydrogen-bond acceptors (Lipinski definition) is 5. The molecule has 1 fully saturated rings. The molecule has 0 N–H and O–H groups in total. The number of likely N-dealkylation sites (tertiary alicyclic amines) is 1. The van der Waals surface area contributed by atoms with E-state index in [1.165, 1.54) is 0 Å². The number of unbranched alkanes of at least 4 members (excludes halogenated alkanes) is 1. The quantitative estimate of drug-likeness (QED) is 0.844. The van der Waals surface area contributed by atoms with Crippen molar-refractivity contribution in [3.05, 3.63) is 24.3 Å². The highest BCUT2D eigenvalue weighted by Crippen LogP contribution is 2.32. The predicted molar refractivity (Wildman–Crippen MR) is 89.1 cm³/mol. The molecule has 2 aliphatic heterocycles. The predicted octanol–water partition coefficient (Wildman–Crippen LogP) is 2.02. The van der Waals surface area contributed by atoms with Gasteiger partial charge in [-0.2, -0.15) is 5.10 Å². The number of benzene rings is 1. The smallest absolute Gasteiger partial charge is 0.286 e. The summed E-state index contributed by atoms with van der Waals surface area (Å²) in [5, 5.41) is 5.55. The number of anilines is 1. The Kier molecular flexibility index (Phi) is 4.39. The normalized spacial score (nSPS) is 19.4. The minimum atomic E-state index is -3.86. The molecule has 0 aliphatic carbocycles. The van der Waals surface area contributed by atoms with Crippen molar-refractivity contribution < 1.29 is 13.2 Å². The Morgan fingerprint density at radius 3 is 2.61 bits per heavy atom. The van der Waals surface area contributed by atoms with Crippen molar-refractivity contribution in [2.75, 3.05) is 24.6 Å². The molecule has 0 saturated carbocycles. The molecule has 0 spiro atoms. The summed E-state index contributed by atoms with van der Waals surface area (Å²) in [5.74, 6) is -0.474. The number of hydrogen-bond donors (Lipinski definition) is 0. The average Bonchev–Trinajstić information content (AvgIpc) is 3.08. The zero-order chi connectivity index (χ0) is 16.4. The van der Waals surface area contributed by atoms with Gasteiger partial charge in [-0.3, -0.25) is 9.80 Å². The summed E-state index contributed by atoms with van der Waals surface area (Å²) < 4.78 is 25.6. The summed E-state index contributed by atoms with van der Waals surface area (Å²) in [4.78, 5) is 14.4. The van der Waals surface area contributed by atoms with Crippen molar-refractivity contribution in [1.82, 2.24) is 4.90 Å². The second-order valence-corrected chi connectivity index (χ2v) is 7.69. The van der Waals surface area contributed by atoms with Crippen LogP contribution in [0.1, 0.15) is 32.6 Å². The molecule has 7 heteroatoms. The van der Waals surface area contributed by atoms with Crippen molar-refractivity contribution >= 4 is 26.5 Å². The zero-order valence-electron chi connectivity index (χ0n) is 13.2. The molecule has 2 heterocycles. The Bertz CT molecular complexity index is 737. The lowest BCUT2D eigenvalue weighted by Crippen LogP contribution is -2.42. The maximum atomic E-state index is 12.8. The topological polar surface area (TPSA) is 70.1 Å². The van der Waals surface area contributed by atoms with Gasteiger partial charge in [0.1, 0.15) is 0 Å². The Labute approximate surface area is 136 Å². The molecule has 0 radical (unpaired) electrons. The van der Waals surface area contributed by atoms with Gasteiger partial charge in [-0.25, -0.2) is 8.42 Å². The summed E-state index contributed by atoms with van der Waals surface area (Å²) in [6.45, 7) is 3.86. The van der Waals surface area contributed by atoms with Gasteiger partial charge in [-0.05, 0) is 31.4 Å². The van der Waals surface area contributed by atoms with E-state index in [1.807, 2.05) is 0 Å². The van der Waals surface area contributed by atoms with E-state index in [0.717, 1.165) is 25.7 Å². The molecule has 6 nitrogen and oxygen atoms in total. The summed E-state index contributed by atoms with van der Waals surface area (Å²) in [7, 11) is -3.86. The molecule has 1 amide bonds. The van der Waals surface area contributed by atoms with Crippen molar-refractivity contribution in [2.45, 2.75) is 37.5 Å². The number of amides is 1. The molecule has 3 rings (SSSR count). The fourth-order valence-corrected chi connectivity index (χ4v) is 4.39.